The van der Waals surface area contributed by atoms with E-state index in [2.05, 4.69) is 72.2 Å². The molecule has 0 spiro atoms. The molecule has 2 heteroatoms. The van der Waals surface area contributed by atoms with Gasteiger partial charge in [-0.15, -0.1) is 6.58 Å². The van der Waals surface area contributed by atoms with Crippen molar-refractivity contribution in [2.75, 3.05) is 0 Å². The van der Waals surface area contributed by atoms with E-state index in [9.17, 15) is 0 Å². The molecule has 0 bridgehead atoms. The molecule has 0 radical (unpaired) electrons. The van der Waals surface area contributed by atoms with Gasteiger partial charge in [-0.2, -0.15) is 10.2 Å². The Morgan fingerprint density at radius 3 is 1.63 bits per heavy atom. The van der Waals surface area contributed by atoms with E-state index in [0.717, 1.165) is 30.4 Å². The first-order valence-corrected chi connectivity index (χ1v) is 10.2. The zero-order chi connectivity index (χ0) is 19.2. The average Bonchev–Trinajstić information content (AvgIpc) is 2.71. The maximum atomic E-state index is 4.17. The summed E-state index contributed by atoms with van der Waals surface area (Å²) in [6.07, 6.45) is 15.2. The van der Waals surface area contributed by atoms with E-state index >= 15 is 0 Å². The lowest BCUT2D eigenvalue weighted by Gasteiger charge is -2.01. The first-order valence-electron chi connectivity index (χ1n) is 10.2. The fourth-order valence-corrected chi connectivity index (χ4v) is 2.94. The Morgan fingerprint density at radius 2 is 1.19 bits per heavy atom. The number of benzene rings is 2. The highest BCUT2D eigenvalue weighted by molar-refractivity contribution is 5.82. The Hall–Kier alpha value is -2.48. The molecule has 0 aliphatic rings. The highest BCUT2D eigenvalue weighted by Gasteiger charge is 1.95. The van der Waals surface area contributed by atoms with Crippen molar-refractivity contribution in [3.05, 3.63) is 83.4 Å². The highest BCUT2D eigenvalue weighted by atomic mass is 15.2. The number of aryl methyl sites for hydroxylation is 2. The predicted molar refractivity (Wildman–Crippen MR) is 119 cm³/mol. The first-order chi connectivity index (χ1) is 13.3. The molecule has 0 aromatic heterocycles. The number of hydrogen-bond acceptors (Lipinski definition) is 2. The Kier molecular flexibility index (Phi) is 9.88. The molecule has 0 N–H and O–H groups in total. The third-order valence-corrected chi connectivity index (χ3v) is 4.63. The van der Waals surface area contributed by atoms with Gasteiger partial charge in [0.15, 0.2) is 0 Å². The fourth-order valence-electron chi connectivity index (χ4n) is 2.94. The van der Waals surface area contributed by atoms with Crippen LogP contribution in [0.5, 0.6) is 0 Å². The molecule has 0 saturated carbocycles. The molecule has 2 nitrogen and oxygen atoms in total. The highest BCUT2D eigenvalue weighted by Crippen LogP contribution is 2.09. The van der Waals surface area contributed by atoms with Crippen molar-refractivity contribution in [3.63, 3.8) is 0 Å². The summed E-state index contributed by atoms with van der Waals surface area (Å²) in [4.78, 5) is 0. The molecule has 0 aliphatic heterocycles. The maximum Gasteiger partial charge on any atom is 0.0568 e. The average molecular weight is 361 g/mol. The van der Waals surface area contributed by atoms with Gasteiger partial charge in [0.05, 0.1) is 12.4 Å². The van der Waals surface area contributed by atoms with E-state index in [4.69, 9.17) is 0 Å². The summed E-state index contributed by atoms with van der Waals surface area (Å²) in [6, 6.07) is 17.2. The minimum Gasteiger partial charge on any atom is -0.159 e. The second-order valence-corrected chi connectivity index (χ2v) is 6.96. The van der Waals surface area contributed by atoms with E-state index in [1.807, 2.05) is 6.08 Å². The summed E-state index contributed by atoms with van der Waals surface area (Å²) in [5, 5.41) is 8.34. The molecule has 0 atom stereocenters. The molecule has 2 aromatic carbocycles. The lowest BCUT2D eigenvalue weighted by molar-refractivity contribution is 0.717. The normalized spacial score (nSPS) is 11.4. The van der Waals surface area contributed by atoms with Crippen LogP contribution in [0.15, 0.2) is 71.4 Å². The molecular formula is C25H32N2. The SMILES string of the molecule is C=CCCCCc1ccc(/C=N/N=C/c2ccc(CCCCC)cc2)cc1. The van der Waals surface area contributed by atoms with Crippen LogP contribution in [-0.4, -0.2) is 12.4 Å². The number of hydrogen-bond donors (Lipinski definition) is 0. The Labute approximate surface area is 164 Å². The Bertz CT molecular complexity index is 709. The minimum absolute atomic E-state index is 1.08. The Balaban J connectivity index is 1.77. The molecule has 0 amide bonds. The van der Waals surface area contributed by atoms with E-state index in [0.29, 0.717) is 0 Å². The summed E-state index contributed by atoms with van der Waals surface area (Å²) in [5.74, 6) is 0. The predicted octanol–water partition coefficient (Wildman–Crippen LogP) is 6.77. The van der Waals surface area contributed by atoms with Crippen LogP contribution in [0.4, 0.5) is 0 Å². The van der Waals surface area contributed by atoms with E-state index in [1.54, 1.807) is 12.4 Å². The summed E-state index contributed by atoms with van der Waals surface area (Å²) < 4.78 is 0. The second-order valence-electron chi connectivity index (χ2n) is 6.96. The second kappa shape index (κ2) is 12.8. The molecule has 0 aliphatic carbocycles. The topological polar surface area (TPSA) is 24.7 Å². The molecule has 0 heterocycles. The van der Waals surface area contributed by atoms with Crippen molar-refractivity contribution >= 4 is 12.4 Å². The summed E-state index contributed by atoms with van der Waals surface area (Å²) in [5.41, 5.74) is 4.93. The third-order valence-electron chi connectivity index (χ3n) is 4.63. The summed E-state index contributed by atoms with van der Waals surface area (Å²) in [7, 11) is 0. The number of allylic oxidation sites excluding steroid dienone is 1. The van der Waals surface area contributed by atoms with Crippen LogP contribution >= 0.6 is 0 Å². The van der Waals surface area contributed by atoms with Gasteiger partial charge in [-0.1, -0.05) is 74.4 Å². The van der Waals surface area contributed by atoms with Crippen LogP contribution < -0.4 is 0 Å². The summed E-state index contributed by atoms with van der Waals surface area (Å²) >= 11 is 0. The molecule has 0 unspecified atom stereocenters. The van der Waals surface area contributed by atoms with Crippen LogP contribution in [-0.2, 0) is 12.8 Å². The van der Waals surface area contributed by atoms with Gasteiger partial charge in [0.2, 0.25) is 0 Å². The molecule has 142 valence electrons. The smallest absolute Gasteiger partial charge is 0.0568 e. The van der Waals surface area contributed by atoms with Gasteiger partial charge in [0.25, 0.3) is 0 Å². The maximum absolute atomic E-state index is 4.17. The van der Waals surface area contributed by atoms with Crippen molar-refractivity contribution in [2.24, 2.45) is 10.2 Å². The third kappa shape index (κ3) is 8.63. The lowest BCUT2D eigenvalue weighted by atomic mass is 10.1. The molecule has 2 aromatic rings. The fraction of sp³-hybridized carbons (Fsp3) is 0.360. The molecular weight excluding hydrogens is 328 g/mol. The van der Waals surface area contributed by atoms with Gasteiger partial charge in [0, 0.05) is 0 Å². The van der Waals surface area contributed by atoms with Gasteiger partial charge in [0.1, 0.15) is 0 Å². The van der Waals surface area contributed by atoms with Crippen molar-refractivity contribution in [1.82, 2.24) is 0 Å². The van der Waals surface area contributed by atoms with Crippen LogP contribution in [0.2, 0.25) is 0 Å². The number of nitrogens with zero attached hydrogens (tertiary/aromatic N) is 2. The van der Waals surface area contributed by atoms with Crippen LogP contribution in [0.25, 0.3) is 0 Å². The molecule has 0 fully saturated rings. The van der Waals surface area contributed by atoms with Crippen molar-refractivity contribution < 1.29 is 0 Å². The van der Waals surface area contributed by atoms with Gasteiger partial charge in [-0.25, -0.2) is 0 Å². The standard InChI is InChI=1S/C25H32N2/c1-3-5-7-9-11-23-14-18-25(19-15-23)21-27-26-20-24-16-12-22(13-17-24)10-8-6-4-2/h3,12-21H,1,4-11H2,2H3/b26-20+,27-21+. The minimum atomic E-state index is 1.08. The van der Waals surface area contributed by atoms with Gasteiger partial charge >= 0.3 is 0 Å². The molecule has 27 heavy (non-hydrogen) atoms. The summed E-state index contributed by atoms with van der Waals surface area (Å²) in [6.45, 7) is 6.00. The van der Waals surface area contributed by atoms with Crippen molar-refractivity contribution in [2.45, 2.75) is 58.3 Å². The molecule has 2 rings (SSSR count). The zero-order valence-electron chi connectivity index (χ0n) is 16.6. The zero-order valence-corrected chi connectivity index (χ0v) is 16.6. The van der Waals surface area contributed by atoms with Crippen molar-refractivity contribution in [3.8, 4) is 0 Å². The number of rotatable bonds is 12. The Morgan fingerprint density at radius 1 is 0.704 bits per heavy atom. The lowest BCUT2D eigenvalue weighted by Crippen LogP contribution is -1.88. The van der Waals surface area contributed by atoms with E-state index in [-0.39, 0.29) is 0 Å². The van der Waals surface area contributed by atoms with Crippen LogP contribution in [0.1, 0.15) is 67.7 Å². The quantitative estimate of drug-likeness (QED) is 0.173. The first kappa shape index (κ1) is 20.8. The largest absolute Gasteiger partial charge is 0.159 e. The van der Waals surface area contributed by atoms with E-state index in [1.165, 1.54) is 43.2 Å². The van der Waals surface area contributed by atoms with Crippen LogP contribution in [0, 0.1) is 0 Å². The van der Waals surface area contributed by atoms with Crippen LogP contribution in [0.3, 0.4) is 0 Å². The van der Waals surface area contributed by atoms with Gasteiger partial charge in [-0.05, 0) is 60.8 Å². The van der Waals surface area contributed by atoms with Gasteiger partial charge < -0.3 is 0 Å². The van der Waals surface area contributed by atoms with Crippen molar-refractivity contribution in [1.29, 1.82) is 0 Å². The van der Waals surface area contributed by atoms with Gasteiger partial charge in [-0.3, -0.25) is 0 Å². The molecule has 0 saturated heterocycles. The monoisotopic (exact) mass is 360 g/mol. The number of unbranched alkanes of at least 4 members (excludes halogenated alkanes) is 4. The van der Waals surface area contributed by atoms with E-state index < -0.39 is 0 Å².